The minimum atomic E-state index is -4.04. The third kappa shape index (κ3) is 16.9. The van der Waals surface area contributed by atoms with Crippen LogP contribution in [-0.4, -0.2) is 36.7 Å². The standard InChI is InChI=1S/C17H38O3P2/c1-4-5-6-7-8-9-10-11-12-13-15-21(2,3)16-14-17-22(18,19)20/h4-17H2,1-3H3,(H-,18,19,20). The predicted octanol–water partition coefficient (Wildman–Crippen LogP) is 5.12. The van der Waals surface area contributed by atoms with Crippen molar-refractivity contribution in [2.75, 3.05) is 31.8 Å². The van der Waals surface area contributed by atoms with Crippen LogP contribution in [0.5, 0.6) is 0 Å². The lowest BCUT2D eigenvalue weighted by Crippen LogP contribution is -2.07. The Morgan fingerprint density at radius 1 is 0.818 bits per heavy atom. The molecule has 0 aliphatic heterocycles. The molecule has 0 bridgehead atoms. The Morgan fingerprint density at radius 3 is 1.68 bits per heavy atom. The van der Waals surface area contributed by atoms with Crippen molar-refractivity contribution >= 4 is 14.9 Å². The fourth-order valence-electron chi connectivity index (χ4n) is 2.84. The highest BCUT2D eigenvalue weighted by Crippen LogP contribution is 2.53. The van der Waals surface area contributed by atoms with Crippen molar-refractivity contribution in [3.8, 4) is 0 Å². The van der Waals surface area contributed by atoms with E-state index >= 15 is 0 Å². The molecule has 0 saturated heterocycles. The Hall–Kier alpha value is 0.580. The molecular formula is C17H38O3P2. The summed E-state index contributed by atoms with van der Waals surface area (Å²) in [6.45, 7) is 6.88. The van der Waals surface area contributed by atoms with E-state index in [9.17, 15) is 9.46 Å². The SMILES string of the molecule is CCCCCCCCCCCC[P+](C)(C)CCCP(=O)([O-])O. The molecule has 0 rings (SSSR count). The molecule has 1 unspecified atom stereocenters. The maximum Gasteiger partial charge on any atom is 0.132 e. The summed E-state index contributed by atoms with van der Waals surface area (Å²) in [5.74, 6) is 0. The molecule has 0 aliphatic carbocycles. The third-order valence-electron chi connectivity index (χ3n) is 4.32. The summed E-state index contributed by atoms with van der Waals surface area (Å²) in [4.78, 5) is 19.5. The lowest BCUT2D eigenvalue weighted by atomic mass is 10.1. The molecular weight excluding hydrogens is 314 g/mol. The van der Waals surface area contributed by atoms with Gasteiger partial charge in [0.15, 0.2) is 0 Å². The van der Waals surface area contributed by atoms with Crippen LogP contribution in [0.1, 0.15) is 77.6 Å². The summed E-state index contributed by atoms with van der Waals surface area (Å²) in [6.07, 6.45) is 16.4. The second kappa shape index (κ2) is 12.9. The maximum absolute atomic E-state index is 10.8. The van der Waals surface area contributed by atoms with E-state index in [4.69, 9.17) is 4.89 Å². The second-order valence-electron chi connectivity index (χ2n) is 7.28. The number of hydrogen-bond acceptors (Lipinski definition) is 2. The Balaban J connectivity index is 3.43. The van der Waals surface area contributed by atoms with Gasteiger partial charge in [-0.3, -0.25) is 0 Å². The van der Waals surface area contributed by atoms with Crippen molar-refractivity contribution in [2.45, 2.75) is 77.6 Å². The highest BCUT2D eigenvalue weighted by Gasteiger charge is 2.24. The average Bonchev–Trinajstić information content (AvgIpc) is 2.39. The van der Waals surface area contributed by atoms with Gasteiger partial charge in [0.05, 0.1) is 12.3 Å². The molecule has 3 nitrogen and oxygen atoms in total. The van der Waals surface area contributed by atoms with Crippen LogP contribution in [-0.2, 0) is 4.57 Å². The molecule has 0 aromatic rings. The molecule has 0 aromatic heterocycles. The van der Waals surface area contributed by atoms with Gasteiger partial charge in [0.1, 0.15) is 7.60 Å². The van der Waals surface area contributed by atoms with Gasteiger partial charge in [0.2, 0.25) is 0 Å². The van der Waals surface area contributed by atoms with Crippen LogP contribution >= 0.6 is 14.9 Å². The van der Waals surface area contributed by atoms with E-state index in [1.54, 1.807) is 0 Å². The number of hydrogen-bond donors (Lipinski definition) is 1. The van der Waals surface area contributed by atoms with Crippen LogP contribution in [0.15, 0.2) is 0 Å². The molecule has 0 saturated carbocycles. The lowest BCUT2D eigenvalue weighted by molar-refractivity contribution is -0.193. The predicted molar refractivity (Wildman–Crippen MR) is 99.7 cm³/mol. The van der Waals surface area contributed by atoms with Crippen LogP contribution < -0.4 is 4.89 Å². The van der Waals surface area contributed by atoms with Crippen LogP contribution in [0.3, 0.4) is 0 Å². The molecule has 1 atom stereocenters. The zero-order valence-corrected chi connectivity index (χ0v) is 16.8. The third-order valence-corrected chi connectivity index (χ3v) is 8.26. The van der Waals surface area contributed by atoms with Crippen LogP contribution in [0, 0.1) is 0 Å². The first-order valence-electron chi connectivity index (χ1n) is 9.12. The topological polar surface area (TPSA) is 60.4 Å². The molecule has 0 aliphatic rings. The summed E-state index contributed by atoms with van der Waals surface area (Å²) in [6, 6.07) is 0. The molecule has 0 aromatic carbocycles. The fourth-order valence-corrected chi connectivity index (χ4v) is 5.96. The molecule has 1 N–H and O–H groups in total. The van der Waals surface area contributed by atoms with Crippen molar-refractivity contribution in [1.82, 2.24) is 0 Å². The Kier molecular flexibility index (Phi) is 13.3. The first kappa shape index (κ1) is 22.6. The van der Waals surface area contributed by atoms with Crippen molar-refractivity contribution in [2.24, 2.45) is 0 Å². The Morgan fingerprint density at radius 2 is 1.23 bits per heavy atom. The van der Waals surface area contributed by atoms with E-state index < -0.39 is 14.9 Å². The summed E-state index contributed by atoms with van der Waals surface area (Å²) in [7, 11) is -5.01. The minimum Gasteiger partial charge on any atom is -0.779 e. The normalized spacial score (nSPS) is 15.0. The number of rotatable bonds is 15. The van der Waals surface area contributed by atoms with Gasteiger partial charge < -0.3 is 14.4 Å². The van der Waals surface area contributed by atoms with E-state index in [0.717, 1.165) is 6.16 Å². The van der Waals surface area contributed by atoms with Crippen LogP contribution in [0.25, 0.3) is 0 Å². The van der Waals surface area contributed by atoms with E-state index in [-0.39, 0.29) is 6.16 Å². The summed E-state index contributed by atoms with van der Waals surface area (Å²) in [5.41, 5.74) is 0. The van der Waals surface area contributed by atoms with Gasteiger partial charge in [-0.15, -0.1) is 0 Å². The van der Waals surface area contributed by atoms with Gasteiger partial charge in [-0.25, -0.2) is 0 Å². The van der Waals surface area contributed by atoms with Gasteiger partial charge in [-0.05, 0) is 19.3 Å². The van der Waals surface area contributed by atoms with E-state index in [0.29, 0.717) is 6.42 Å². The van der Waals surface area contributed by atoms with Crippen molar-refractivity contribution in [1.29, 1.82) is 0 Å². The van der Waals surface area contributed by atoms with E-state index in [1.165, 1.54) is 70.4 Å². The second-order valence-corrected chi connectivity index (χ2v) is 13.8. The first-order valence-corrected chi connectivity index (χ1v) is 13.9. The Labute approximate surface area is 139 Å². The Bertz CT molecular complexity index is 300. The molecule has 0 spiro atoms. The van der Waals surface area contributed by atoms with Gasteiger partial charge in [0.25, 0.3) is 0 Å². The zero-order valence-electron chi connectivity index (χ0n) is 15.1. The smallest absolute Gasteiger partial charge is 0.132 e. The van der Waals surface area contributed by atoms with Crippen molar-refractivity contribution in [3.05, 3.63) is 0 Å². The van der Waals surface area contributed by atoms with Gasteiger partial charge in [-0.2, -0.15) is 0 Å². The highest BCUT2D eigenvalue weighted by atomic mass is 31.2. The number of unbranched alkanes of at least 4 members (excludes halogenated alkanes) is 9. The molecule has 0 amide bonds. The molecule has 0 radical (unpaired) electrons. The monoisotopic (exact) mass is 352 g/mol. The molecule has 5 heteroatoms. The van der Waals surface area contributed by atoms with Gasteiger partial charge >= 0.3 is 0 Å². The first-order chi connectivity index (χ1) is 10.3. The summed E-state index contributed by atoms with van der Waals surface area (Å²) < 4.78 is 10.8. The van der Waals surface area contributed by atoms with E-state index in [2.05, 4.69) is 20.3 Å². The van der Waals surface area contributed by atoms with Crippen molar-refractivity contribution < 1.29 is 14.4 Å². The minimum absolute atomic E-state index is 0.0472. The zero-order chi connectivity index (χ0) is 16.9. The maximum atomic E-state index is 10.8. The molecule has 0 fully saturated rings. The van der Waals surface area contributed by atoms with Crippen LogP contribution in [0.2, 0.25) is 0 Å². The largest absolute Gasteiger partial charge is 0.779 e. The average molecular weight is 352 g/mol. The molecule has 0 heterocycles. The van der Waals surface area contributed by atoms with Gasteiger partial charge in [0, 0.05) is 26.8 Å². The summed E-state index contributed by atoms with van der Waals surface area (Å²) >= 11 is 0. The van der Waals surface area contributed by atoms with Gasteiger partial charge in [-0.1, -0.05) is 58.3 Å². The summed E-state index contributed by atoms with van der Waals surface area (Å²) in [5, 5.41) is 0. The lowest BCUT2D eigenvalue weighted by Gasteiger charge is -2.20. The quantitative estimate of drug-likeness (QED) is 0.329. The fraction of sp³-hybridized carbons (Fsp3) is 1.00. The van der Waals surface area contributed by atoms with Crippen molar-refractivity contribution in [3.63, 3.8) is 0 Å². The van der Waals surface area contributed by atoms with E-state index in [1.807, 2.05) is 0 Å². The van der Waals surface area contributed by atoms with Crippen LogP contribution in [0.4, 0.5) is 0 Å². The molecule has 134 valence electrons. The highest BCUT2D eigenvalue weighted by molar-refractivity contribution is 7.74. The molecule has 22 heavy (non-hydrogen) atoms.